The van der Waals surface area contributed by atoms with Gasteiger partial charge in [-0.25, -0.2) is 0 Å². The smallest absolute Gasteiger partial charge is 0.313 e. The minimum Gasteiger partial charge on any atom is -0.326 e. The SMILES string of the molecule is CNC(S)=[N+](c1c(CN)cc(C(C)(C)C)cc1C(C)(C)C)c1c(CN)cc(C(C)(C)C)cc1C(C)(C)C. The molecule has 0 radical (unpaired) electrons. The molecule has 2 rings (SSSR count). The van der Waals surface area contributed by atoms with Crippen molar-refractivity contribution in [1.29, 1.82) is 0 Å². The van der Waals surface area contributed by atoms with Crippen LogP contribution in [0.25, 0.3) is 0 Å². The highest BCUT2D eigenvalue weighted by atomic mass is 32.1. The van der Waals surface area contributed by atoms with Crippen LogP contribution >= 0.6 is 12.6 Å². The lowest BCUT2D eigenvalue weighted by Crippen LogP contribution is -2.31. The Morgan fingerprint density at radius 1 is 0.649 bits per heavy atom. The Morgan fingerprint density at radius 2 is 0.973 bits per heavy atom. The summed E-state index contributed by atoms with van der Waals surface area (Å²) >= 11 is 5.02. The average molecular weight is 526 g/mol. The van der Waals surface area contributed by atoms with Gasteiger partial charge in [-0.05, 0) is 44.9 Å². The summed E-state index contributed by atoms with van der Waals surface area (Å²) in [4.78, 5) is 0. The summed E-state index contributed by atoms with van der Waals surface area (Å²) in [6.45, 7) is 28.0. The van der Waals surface area contributed by atoms with Crippen molar-refractivity contribution in [3.8, 4) is 0 Å². The zero-order valence-electron chi connectivity index (χ0n) is 25.8. The minimum absolute atomic E-state index is 0.00284. The van der Waals surface area contributed by atoms with Gasteiger partial charge >= 0.3 is 5.17 Å². The average Bonchev–Trinajstić information content (AvgIpc) is 2.75. The van der Waals surface area contributed by atoms with E-state index < -0.39 is 0 Å². The van der Waals surface area contributed by atoms with Gasteiger partial charge in [0.15, 0.2) is 0 Å². The van der Waals surface area contributed by atoms with E-state index in [0.29, 0.717) is 13.1 Å². The van der Waals surface area contributed by atoms with Crippen LogP contribution < -0.4 is 21.4 Å². The summed E-state index contributed by atoms with van der Waals surface area (Å²) in [6, 6.07) is 9.27. The molecule has 5 N–H and O–H groups in total. The molecule has 0 fully saturated rings. The Morgan fingerprint density at radius 3 is 1.19 bits per heavy atom. The summed E-state index contributed by atoms with van der Waals surface area (Å²) in [7, 11) is 1.92. The number of nitrogens with two attached hydrogens (primary N) is 2. The first-order valence-corrected chi connectivity index (χ1v) is 13.9. The number of rotatable bonds is 4. The molecule has 0 aliphatic carbocycles. The van der Waals surface area contributed by atoms with Gasteiger partial charge in [0.05, 0.1) is 7.05 Å². The summed E-state index contributed by atoms with van der Waals surface area (Å²) in [5.74, 6) is 0. The van der Waals surface area contributed by atoms with Gasteiger partial charge in [-0.15, -0.1) is 0 Å². The highest BCUT2D eigenvalue weighted by Crippen LogP contribution is 2.44. The van der Waals surface area contributed by atoms with Crippen LogP contribution in [0, 0.1) is 0 Å². The Kier molecular flexibility index (Phi) is 9.12. The predicted octanol–water partition coefficient (Wildman–Crippen LogP) is 7.13. The summed E-state index contributed by atoms with van der Waals surface area (Å²) in [5.41, 5.74) is 22.2. The summed E-state index contributed by atoms with van der Waals surface area (Å²) < 4.78 is 2.27. The molecule has 2 aromatic carbocycles. The van der Waals surface area contributed by atoms with Crippen molar-refractivity contribution >= 4 is 29.2 Å². The first-order chi connectivity index (χ1) is 16.7. The molecule has 0 atom stereocenters. The van der Waals surface area contributed by atoms with Crippen molar-refractivity contribution in [3.05, 3.63) is 57.6 Å². The summed E-state index contributed by atoms with van der Waals surface area (Å²) in [5, 5.41) is 4.08. The molecule has 206 valence electrons. The molecule has 37 heavy (non-hydrogen) atoms. The van der Waals surface area contributed by atoms with E-state index >= 15 is 0 Å². The summed E-state index contributed by atoms with van der Waals surface area (Å²) in [6.07, 6.45) is 0. The Balaban J connectivity index is 3.26. The minimum atomic E-state index is -0.128. The normalized spacial score (nSPS) is 13.1. The molecule has 4 nitrogen and oxygen atoms in total. The second kappa shape index (κ2) is 10.7. The Bertz CT molecular complexity index is 1080. The number of hydrogen-bond donors (Lipinski definition) is 4. The largest absolute Gasteiger partial charge is 0.326 e. The van der Waals surface area contributed by atoms with E-state index in [9.17, 15) is 0 Å². The van der Waals surface area contributed by atoms with Crippen LogP contribution in [-0.2, 0) is 34.7 Å². The van der Waals surface area contributed by atoms with Gasteiger partial charge in [0.1, 0.15) is 11.4 Å². The van der Waals surface area contributed by atoms with Crippen molar-refractivity contribution in [1.82, 2.24) is 9.89 Å². The molecule has 0 saturated carbocycles. The first-order valence-electron chi connectivity index (χ1n) is 13.5. The van der Waals surface area contributed by atoms with Gasteiger partial charge in [0.2, 0.25) is 0 Å². The predicted molar refractivity (Wildman–Crippen MR) is 168 cm³/mol. The van der Waals surface area contributed by atoms with Crippen molar-refractivity contribution in [2.45, 2.75) is 118 Å². The third-order valence-electron chi connectivity index (χ3n) is 7.05. The van der Waals surface area contributed by atoms with Crippen LogP contribution in [0.3, 0.4) is 0 Å². The van der Waals surface area contributed by atoms with E-state index in [-0.39, 0.29) is 21.7 Å². The quantitative estimate of drug-likeness (QED) is 0.148. The highest BCUT2D eigenvalue weighted by molar-refractivity contribution is 7.96. The Labute approximate surface area is 232 Å². The van der Waals surface area contributed by atoms with Crippen LogP contribution in [0.2, 0.25) is 0 Å². The van der Waals surface area contributed by atoms with Gasteiger partial charge in [0.25, 0.3) is 0 Å². The molecule has 0 unspecified atom stereocenters. The number of nitrogens with zero attached hydrogens (tertiary/aromatic N) is 1. The number of benzene rings is 2. The molecule has 0 heterocycles. The van der Waals surface area contributed by atoms with Crippen LogP contribution in [0.15, 0.2) is 24.3 Å². The van der Waals surface area contributed by atoms with E-state index in [0.717, 1.165) is 27.7 Å². The lowest BCUT2D eigenvalue weighted by atomic mass is 9.76. The van der Waals surface area contributed by atoms with Crippen molar-refractivity contribution < 1.29 is 0 Å². The van der Waals surface area contributed by atoms with Crippen molar-refractivity contribution in [2.24, 2.45) is 11.5 Å². The molecular formula is C32H53N4S+. The fourth-order valence-corrected chi connectivity index (χ4v) is 4.87. The Hall–Kier alpha value is -1.82. The zero-order valence-corrected chi connectivity index (χ0v) is 26.7. The number of nitrogens with one attached hydrogen (secondary N) is 1. The van der Waals surface area contributed by atoms with Gasteiger partial charge in [0, 0.05) is 35.3 Å². The van der Waals surface area contributed by atoms with E-state index in [2.05, 4.69) is 117 Å². The molecule has 0 aromatic heterocycles. The number of hydrogen-bond acceptors (Lipinski definition) is 2. The van der Waals surface area contributed by atoms with Gasteiger partial charge < -0.3 is 11.5 Å². The molecule has 2 aromatic rings. The maximum atomic E-state index is 6.50. The van der Waals surface area contributed by atoms with Gasteiger partial charge in [-0.3, -0.25) is 5.32 Å². The van der Waals surface area contributed by atoms with Crippen LogP contribution in [0.4, 0.5) is 11.4 Å². The third kappa shape index (κ3) is 6.79. The second-order valence-corrected chi connectivity index (χ2v) is 14.8. The topological polar surface area (TPSA) is 67.1 Å². The van der Waals surface area contributed by atoms with Crippen LogP contribution in [0.1, 0.15) is 116 Å². The molecule has 0 spiro atoms. The van der Waals surface area contributed by atoms with Crippen LogP contribution in [0.5, 0.6) is 0 Å². The number of amidine groups is 1. The molecule has 0 amide bonds. The molecular weight excluding hydrogens is 472 g/mol. The first kappa shape index (κ1) is 31.4. The zero-order chi connectivity index (χ0) is 28.7. The van der Waals surface area contributed by atoms with Crippen molar-refractivity contribution in [3.63, 3.8) is 0 Å². The lowest BCUT2D eigenvalue weighted by molar-refractivity contribution is 0.560. The van der Waals surface area contributed by atoms with Crippen LogP contribution in [-0.4, -0.2) is 12.2 Å². The molecule has 0 aliphatic heterocycles. The maximum Gasteiger partial charge on any atom is 0.313 e. The molecule has 0 aliphatic rings. The van der Waals surface area contributed by atoms with Gasteiger partial charge in [-0.1, -0.05) is 108 Å². The maximum absolute atomic E-state index is 6.50. The third-order valence-corrected chi connectivity index (χ3v) is 7.47. The van der Waals surface area contributed by atoms with Gasteiger partial charge in [-0.2, -0.15) is 4.58 Å². The fourth-order valence-electron chi connectivity index (χ4n) is 4.67. The van der Waals surface area contributed by atoms with E-state index in [1.54, 1.807) is 0 Å². The molecule has 5 heteroatoms. The monoisotopic (exact) mass is 525 g/mol. The fraction of sp³-hybridized carbons (Fsp3) is 0.594. The lowest BCUT2D eigenvalue weighted by Gasteiger charge is -2.32. The van der Waals surface area contributed by atoms with E-state index in [4.69, 9.17) is 24.1 Å². The highest BCUT2D eigenvalue weighted by Gasteiger charge is 2.35. The number of thiol groups is 1. The van der Waals surface area contributed by atoms with E-state index in [1.807, 2.05) is 7.05 Å². The molecule has 0 saturated heterocycles. The van der Waals surface area contributed by atoms with Crippen molar-refractivity contribution in [2.75, 3.05) is 7.05 Å². The second-order valence-electron chi connectivity index (χ2n) is 14.4. The standard InChI is InChI=1S/C32H52N4S/c1-29(2,3)22-14-20(18-33)26(24(16-22)31(7,8)9)36(28(37)35-13)27-21(19-34)15-23(30(4,5)6)17-25(27)32(10,11)12/h14-17H,18-19,33-34H2,1-13H3,(H,35,37)/p+1. The molecule has 0 bridgehead atoms. The van der Waals surface area contributed by atoms with E-state index in [1.165, 1.54) is 22.3 Å².